The first kappa shape index (κ1) is 15.2. The van der Waals surface area contributed by atoms with Crippen molar-refractivity contribution in [3.8, 4) is 5.75 Å². The lowest BCUT2D eigenvalue weighted by Gasteiger charge is -2.29. The Bertz CT molecular complexity index is 545. The van der Waals surface area contributed by atoms with Gasteiger partial charge in [0.05, 0.1) is 18.0 Å². The number of amides is 2. The number of nitrogen functional groups attached to an aromatic ring is 1. The van der Waals surface area contributed by atoms with Crippen LogP contribution in [-0.4, -0.2) is 36.4 Å². The van der Waals surface area contributed by atoms with Crippen LogP contribution in [-0.2, 0) is 9.59 Å². The molecule has 1 aliphatic rings. The molecular weight excluding hydrogens is 270 g/mol. The molecule has 0 aromatic heterocycles. The van der Waals surface area contributed by atoms with Gasteiger partial charge in [-0.1, -0.05) is 13.0 Å². The molecule has 1 aromatic carbocycles. The van der Waals surface area contributed by atoms with Gasteiger partial charge in [0.1, 0.15) is 11.8 Å². The second-order valence-electron chi connectivity index (χ2n) is 5.09. The van der Waals surface area contributed by atoms with E-state index in [1.807, 2.05) is 13.0 Å². The fourth-order valence-electron chi connectivity index (χ4n) is 2.25. The number of ether oxygens (including phenoxy) is 1. The van der Waals surface area contributed by atoms with Crippen molar-refractivity contribution >= 4 is 23.2 Å². The van der Waals surface area contributed by atoms with Gasteiger partial charge in [0.15, 0.2) is 0 Å². The van der Waals surface area contributed by atoms with E-state index in [0.29, 0.717) is 36.6 Å². The molecule has 0 spiro atoms. The number of rotatable bonds is 5. The fraction of sp³-hybridized carbons (Fsp3) is 0.467. The Hall–Kier alpha value is -2.24. The minimum Gasteiger partial charge on any atom is -0.491 e. The number of carbonyl (C=O) groups is 2. The van der Waals surface area contributed by atoms with Crippen LogP contribution in [0.15, 0.2) is 18.2 Å². The normalized spacial score (nSPS) is 18.8. The number of nitrogens with zero attached hydrogens (tertiary/aromatic N) is 1. The quantitative estimate of drug-likeness (QED) is 0.636. The summed E-state index contributed by atoms with van der Waals surface area (Å²) in [6.45, 7) is 2.61. The van der Waals surface area contributed by atoms with E-state index < -0.39 is 6.04 Å². The van der Waals surface area contributed by atoms with Gasteiger partial charge in [-0.25, -0.2) is 0 Å². The van der Waals surface area contributed by atoms with Crippen LogP contribution in [0.2, 0.25) is 0 Å². The second kappa shape index (κ2) is 6.47. The molecule has 3 N–H and O–H groups in total. The third-order valence-electron chi connectivity index (χ3n) is 3.51. The predicted molar refractivity (Wildman–Crippen MR) is 81.1 cm³/mol. The third-order valence-corrected chi connectivity index (χ3v) is 3.51. The fourth-order valence-corrected chi connectivity index (χ4v) is 2.25. The molecule has 0 saturated carbocycles. The van der Waals surface area contributed by atoms with Crippen molar-refractivity contribution < 1.29 is 14.3 Å². The van der Waals surface area contributed by atoms with Gasteiger partial charge in [0, 0.05) is 13.5 Å². The third kappa shape index (κ3) is 3.26. The van der Waals surface area contributed by atoms with Crippen LogP contribution in [0.5, 0.6) is 5.75 Å². The lowest BCUT2D eigenvalue weighted by Crippen LogP contribution is -2.48. The van der Waals surface area contributed by atoms with E-state index in [1.165, 1.54) is 7.05 Å². The Morgan fingerprint density at radius 3 is 2.90 bits per heavy atom. The molecule has 1 fully saturated rings. The van der Waals surface area contributed by atoms with Crippen molar-refractivity contribution in [3.63, 3.8) is 0 Å². The van der Waals surface area contributed by atoms with E-state index in [9.17, 15) is 9.59 Å². The summed E-state index contributed by atoms with van der Waals surface area (Å²) in [6.07, 6.45) is 1.72. The SMILES string of the molecule is CCCOc1cccc(NC2CCC(=O)N(C)C2=O)c1N. The standard InChI is InChI=1S/C15H21N3O3/c1-3-9-21-12-6-4-5-10(14(12)16)17-11-7-8-13(19)18(2)15(11)20/h4-6,11,17H,3,7-9,16H2,1-2H3. The van der Waals surface area contributed by atoms with Crippen LogP contribution in [0.25, 0.3) is 0 Å². The number of likely N-dealkylation sites (N-methyl/N-ethyl adjacent to an activating group) is 1. The maximum atomic E-state index is 12.1. The highest BCUT2D eigenvalue weighted by atomic mass is 16.5. The Balaban J connectivity index is 2.12. The molecule has 0 aliphatic carbocycles. The van der Waals surface area contributed by atoms with E-state index in [0.717, 1.165) is 11.3 Å². The Kier molecular flexibility index (Phi) is 4.67. The van der Waals surface area contributed by atoms with E-state index in [2.05, 4.69) is 5.32 Å². The molecule has 0 bridgehead atoms. The molecular formula is C15H21N3O3. The number of piperidine rings is 1. The average Bonchev–Trinajstić information content (AvgIpc) is 2.48. The highest BCUT2D eigenvalue weighted by Crippen LogP contribution is 2.31. The molecule has 1 aromatic rings. The monoisotopic (exact) mass is 291 g/mol. The number of para-hydroxylation sites is 1. The number of hydrogen-bond acceptors (Lipinski definition) is 5. The number of nitrogens with two attached hydrogens (primary N) is 1. The zero-order valence-corrected chi connectivity index (χ0v) is 12.4. The maximum absolute atomic E-state index is 12.1. The molecule has 6 heteroatoms. The highest BCUT2D eigenvalue weighted by Gasteiger charge is 2.31. The summed E-state index contributed by atoms with van der Waals surface area (Å²) < 4.78 is 5.57. The minimum absolute atomic E-state index is 0.147. The Morgan fingerprint density at radius 2 is 2.19 bits per heavy atom. The van der Waals surface area contributed by atoms with Gasteiger partial charge in [-0.2, -0.15) is 0 Å². The molecule has 2 amide bonds. The van der Waals surface area contributed by atoms with Gasteiger partial charge < -0.3 is 15.8 Å². The topological polar surface area (TPSA) is 84.7 Å². The molecule has 1 atom stereocenters. The van der Waals surface area contributed by atoms with Crippen LogP contribution in [0, 0.1) is 0 Å². The van der Waals surface area contributed by atoms with Gasteiger partial charge in [-0.3, -0.25) is 14.5 Å². The summed E-state index contributed by atoms with van der Waals surface area (Å²) >= 11 is 0. The number of anilines is 2. The minimum atomic E-state index is -0.434. The Morgan fingerprint density at radius 1 is 1.43 bits per heavy atom. The van der Waals surface area contributed by atoms with Gasteiger partial charge in [0.25, 0.3) is 5.91 Å². The van der Waals surface area contributed by atoms with E-state index in [4.69, 9.17) is 10.5 Å². The van der Waals surface area contributed by atoms with Gasteiger partial charge >= 0.3 is 0 Å². The highest BCUT2D eigenvalue weighted by molar-refractivity contribution is 6.01. The molecule has 1 unspecified atom stereocenters. The number of imide groups is 1. The van der Waals surface area contributed by atoms with Crippen LogP contribution >= 0.6 is 0 Å². The maximum Gasteiger partial charge on any atom is 0.251 e. The summed E-state index contributed by atoms with van der Waals surface area (Å²) in [5.74, 6) is 0.228. The number of benzene rings is 1. The molecule has 2 rings (SSSR count). The van der Waals surface area contributed by atoms with Crippen LogP contribution < -0.4 is 15.8 Å². The molecule has 1 heterocycles. The largest absolute Gasteiger partial charge is 0.491 e. The van der Waals surface area contributed by atoms with Crippen molar-refractivity contribution in [1.82, 2.24) is 4.90 Å². The van der Waals surface area contributed by atoms with Crippen molar-refractivity contribution in [3.05, 3.63) is 18.2 Å². The smallest absolute Gasteiger partial charge is 0.251 e. The van der Waals surface area contributed by atoms with Gasteiger partial charge in [-0.15, -0.1) is 0 Å². The van der Waals surface area contributed by atoms with Crippen LogP contribution in [0.3, 0.4) is 0 Å². The number of carbonyl (C=O) groups excluding carboxylic acids is 2. The first-order chi connectivity index (χ1) is 10.0. The lowest BCUT2D eigenvalue weighted by molar-refractivity contribution is -0.146. The zero-order valence-electron chi connectivity index (χ0n) is 12.4. The van der Waals surface area contributed by atoms with E-state index in [-0.39, 0.29) is 11.8 Å². The number of nitrogens with one attached hydrogen (secondary N) is 1. The summed E-state index contributed by atoms with van der Waals surface area (Å²) in [7, 11) is 1.50. The number of likely N-dealkylation sites (tertiary alicyclic amines) is 1. The van der Waals surface area contributed by atoms with E-state index in [1.54, 1.807) is 12.1 Å². The van der Waals surface area contributed by atoms with Crippen molar-refractivity contribution in [1.29, 1.82) is 0 Å². The molecule has 0 radical (unpaired) electrons. The molecule has 114 valence electrons. The van der Waals surface area contributed by atoms with Crippen LogP contribution in [0.1, 0.15) is 26.2 Å². The first-order valence-corrected chi connectivity index (χ1v) is 7.12. The first-order valence-electron chi connectivity index (χ1n) is 7.12. The van der Waals surface area contributed by atoms with Crippen molar-refractivity contribution in [2.24, 2.45) is 0 Å². The predicted octanol–water partition coefficient (Wildman–Crippen LogP) is 1.62. The molecule has 1 saturated heterocycles. The average molecular weight is 291 g/mol. The summed E-state index contributed by atoms with van der Waals surface area (Å²) in [6, 6.07) is 4.99. The summed E-state index contributed by atoms with van der Waals surface area (Å²) in [4.78, 5) is 24.7. The van der Waals surface area contributed by atoms with Gasteiger partial charge in [-0.05, 0) is 25.0 Å². The van der Waals surface area contributed by atoms with E-state index >= 15 is 0 Å². The second-order valence-corrected chi connectivity index (χ2v) is 5.09. The zero-order chi connectivity index (χ0) is 15.4. The molecule has 6 nitrogen and oxygen atoms in total. The van der Waals surface area contributed by atoms with Crippen molar-refractivity contribution in [2.75, 3.05) is 24.7 Å². The molecule has 21 heavy (non-hydrogen) atoms. The van der Waals surface area contributed by atoms with Crippen molar-refractivity contribution in [2.45, 2.75) is 32.2 Å². The lowest BCUT2D eigenvalue weighted by atomic mass is 10.0. The summed E-state index contributed by atoms with van der Waals surface area (Å²) in [5, 5.41) is 3.12. The number of hydrogen-bond donors (Lipinski definition) is 2. The molecule has 1 aliphatic heterocycles. The van der Waals surface area contributed by atoms with Crippen LogP contribution in [0.4, 0.5) is 11.4 Å². The van der Waals surface area contributed by atoms with Gasteiger partial charge in [0.2, 0.25) is 5.91 Å². The summed E-state index contributed by atoms with van der Waals surface area (Å²) in [5.41, 5.74) is 7.21. The Labute approximate surface area is 124 Å².